The van der Waals surface area contributed by atoms with Crippen LogP contribution in [0.4, 0.5) is 5.69 Å². The summed E-state index contributed by atoms with van der Waals surface area (Å²) in [6, 6.07) is 23.4. The summed E-state index contributed by atoms with van der Waals surface area (Å²) in [6.45, 7) is 0. The summed E-state index contributed by atoms with van der Waals surface area (Å²) in [4.78, 5) is 0. The molecule has 3 aromatic carbocycles. The minimum absolute atomic E-state index is 0.718. The molecule has 0 heterocycles. The highest BCUT2D eigenvalue weighted by atomic mass is 16.5. The summed E-state index contributed by atoms with van der Waals surface area (Å²) in [5.74, 6) is 3.31. The van der Waals surface area contributed by atoms with Crippen LogP contribution in [0.2, 0.25) is 0 Å². The van der Waals surface area contributed by atoms with Crippen LogP contribution >= 0.6 is 0 Å². The van der Waals surface area contributed by atoms with Gasteiger partial charge in [-0.3, -0.25) is 0 Å². The molecule has 0 aliphatic heterocycles. The van der Waals surface area contributed by atoms with Gasteiger partial charge in [-0.05, 0) is 78.2 Å². The second-order valence-corrected chi connectivity index (χ2v) is 6.70. The van der Waals surface area contributed by atoms with Gasteiger partial charge in [0.1, 0.15) is 23.0 Å². The van der Waals surface area contributed by atoms with E-state index >= 15 is 0 Å². The van der Waals surface area contributed by atoms with Gasteiger partial charge in [0.2, 0.25) is 0 Å². The van der Waals surface area contributed by atoms with Crippen molar-refractivity contribution in [2.45, 2.75) is 12.8 Å². The fourth-order valence-electron chi connectivity index (χ4n) is 2.97. The summed E-state index contributed by atoms with van der Waals surface area (Å²) in [5, 5.41) is 0. The van der Waals surface area contributed by atoms with E-state index in [-0.39, 0.29) is 0 Å². The van der Waals surface area contributed by atoms with Gasteiger partial charge in [0.15, 0.2) is 0 Å². The van der Waals surface area contributed by atoms with Crippen LogP contribution in [0.15, 0.2) is 96.4 Å². The maximum Gasteiger partial charge on any atom is 0.127 e. The van der Waals surface area contributed by atoms with E-state index in [2.05, 4.69) is 12.1 Å². The molecule has 1 aliphatic rings. The summed E-state index contributed by atoms with van der Waals surface area (Å²) >= 11 is 0. The molecule has 0 atom stereocenters. The summed E-state index contributed by atoms with van der Waals surface area (Å²) < 4.78 is 11.8. The van der Waals surface area contributed by atoms with Gasteiger partial charge >= 0.3 is 0 Å². The summed E-state index contributed by atoms with van der Waals surface area (Å²) in [6.07, 6.45) is 5.52. The highest BCUT2D eigenvalue weighted by molar-refractivity contribution is 5.65. The largest absolute Gasteiger partial charge is 0.462 e. The van der Waals surface area contributed by atoms with E-state index in [9.17, 15) is 0 Å². The van der Waals surface area contributed by atoms with Gasteiger partial charge in [0.05, 0.1) is 0 Å². The fourth-order valence-corrected chi connectivity index (χ4v) is 2.97. The van der Waals surface area contributed by atoms with Crippen LogP contribution in [-0.2, 0) is 0 Å². The van der Waals surface area contributed by atoms with Crippen molar-refractivity contribution in [1.29, 1.82) is 0 Å². The van der Waals surface area contributed by atoms with Crippen LogP contribution in [0.3, 0.4) is 0 Å². The van der Waals surface area contributed by atoms with Crippen LogP contribution in [0, 0.1) is 0 Å². The molecular weight excluding hydrogens is 348 g/mol. The van der Waals surface area contributed by atoms with Crippen LogP contribution in [-0.4, -0.2) is 0 Å². The van der Waals surface area contributed by atoms with Gasteiger partial charge in [-0.1, -0.05) is 24.3 Å². The normalized spacial score (nSPS) is 13.4. The third-order valence-corrected chi connectivity index (χ3v) is 4.55. The van der Waals surface area contributed by atoms with E-state index in [0.29, 0.717) is 0 Å². The lowest BCUT2D eigenvalue weighted by atomic mass is 10.1. The second-order valence-electron chi connectivity index (χ2n) is 6.70. The Morgan fingerprint density at radius 1 is 0.536 bits per heavy atom. The van der Waals surface area contributed by atoms with Gasteiger partial charge in [-0.15, -0.1) is 0 Å². The van der Waals surface area contributed by atoms with E-state index in [4.69, 9.17) is 20.9 Å². The number of rotatable bonds is 5. The summed E-state index contributed by atoms with van der Waals surface area (Å²) in [7, 11) is 0. The highest BCUT2D eigenvalue weighted by Crippen LogP contribution is 2.28. The minimum Gasteiger partial charge on any atom is -0.462 e. The lowest BCUT2D eigenvalue weighted by Crippen LogP contribution is -2.05. The number of ether oxygens (including phenoxy) is 2. The molecule has 4 nitrogen and oxygen atoms in total. The van der Waals surface area contributed by atoms with E-state index in [0.717, 1.165) is 58.4 Å². The summed E-state index contributed by atoms with van der Waals surface area (Å²) in [5.41, 5.74) is 15.3. The molecule has 4 heteroatoms. The first-order valence-electron chi connectivity index (χ1n) is 9.23. The SMILES string of the molecule is NC1=CC=C(Oc2ccc(-c3ccc(Oc4ccc(N)cc4)cc3)cc2)CC1. The first kappa shape index (κ1) is 17.7. The molecule has 4 rings (SSSR count). The Morgan fingerprint density at radius 2 is 1.04 bits per heavy atom. The Balaban J connectivity index is 1.42. The molecule has 0 fully saturated rings. The van der Waals surface area contributed by atoms with E-state index in [1.807, 2.05) is 72.8 Å². The highest BCUT2D eigenvalue weighted by Gasteiger charge is 2.07. The quantitative estimate of drug-likeness (QED) is 0.571. The van der Waals surface area contributed by atoms with E-state index in [1.165, 1.54) is 0 Å². The molecule has 0 saturated heterocycles. The van der Waals surface area contributed by atoms with Crippen molar-refractivity contribution in [2.24, 2.45) is 5.73 Å². The molecule has 3 aromatic rings. The maximum absolute atomic E-state index is 5.92. The molecule has 140 valence electrons. The number of allylic oxidation sites excluding steroid dienone is 4. The monoisotopic (exact) mass is 370 g/mol. The first-order chi connectivity index (χ1) is 13.7. The number of nitrogen functional groups attached to an aromatic ring is 1. The lowest BCUT2D eigenvalue weighted by Gasteiger charge is -2.13. The van der Waals surface area contributed by atoms with Crippen molar-refractivity contribution in [3.63, 3.8) is 0 Å². The molecule has 1 aliphatic carbocycles. The maximum atomic E-state index is 5.92. The van der Waals surface area contributed by atoms with E-state index < -0.39 is 0 Å². The molecule has 28 heavy (non-hydrogen) atoms. The third-order valence-electron chi connectivity index (χ3n) is 4.55. The number of benzene rings is 3. The smallest absolute Gasteiger partial charge is 0.127 e. The molecular formula is C24H22N2O2. The van der Waals surface area contributed by atoms with Crippen molar-refractivity contribution < 1.29 is 9.47 Å². The number of hydrogen-bond acceptors (Lipinski definition) is 4. The predicted molar refractivity (Wildman–Crippen MR) is 113 cm³/mol. The molecule has 4 N–H and O–H groups in total. The average molecular weight is 370 g/mol. The van der Waals surface area contributed by atoms with Crippen molar-refractivity contribution >= 4 is 5.69 Å². The Labute approximate surface area is 164 Å². The molecule has 0 unspecified atom stereocenters. The van der Waals surface area contributed by atoms with Crippen LogP contribution in [0.5, 0.6) is 17.2 Å². The Hall–Kier alpha value is -3.66. The zero-order chi connectivity index (χ0) is 19.3. The van der Waals surface area contributed by atoms with Crippen LogP contribution in [0.1, 0.15) is 12.8 Å². The molecule has 0 amide bonds. The molecule has 0 saturated carbocycles. The van der Waals surface area contributed by atoms with Crippen molar-refractivity contribution in [3.8, 4) is 28.4 Å². The topological polar surface area (TPSA) is 70.5 Å². The predicted octanol–water partition coefficient (Wildman–Crippen LogP) is 5.63. The molecule has 0 spiro atoms. The van der Waals surface area contributed by atoms with Crippen molar-refractivity contribution in [2.75, 3.05) is 5.73 Å². The van der Waals surface area contributed by atoms with Gasteiger partial charge < -0.3 is 20.9 Å². The van der Waals surface area contributed by atoms with Gasteiger partial charge in [-0.25, -0.2) is 0 Å². The van der Waals surface area contributed by atoms with Crippen molar-refractivity contribution in [1.82, 2.24) is 0 Å². The van der Waals surface area contributed by atoms with Crippen LogP contribution < -0.4 is 20.9 Å². The minimum atomic E-state index is 0.718. The van der Waals surface area contributed by atoms with Crippen molar-refractivity contribution in [3.05, 3.63) is 96.4 Å². The number of hydrogen-bond donors (Lipinski definition) is 2. The Bertz CT molecular complexity index is 1000. The molecule has 0 bridgehead atoms. The number of anilines is 1. The van der Waals surface area contributed by atoms with E-state index in [1.54, 1.807) is 0 Å². The van der Waals surface area contributed by atoms with Gasteiger partial charge in [0, 0.05) is 17.8 Å². The zero-order valence-corrected chi connectivity index (χ0v) is 15.5. The number of nitrogens with two attached hydrogens (primary N) is 2. The lowest BCUT2D eigenvalue weighted by molar-refractivity contribution is 0.400. The van der Waals surface area contributed by atoms with Gasteiger partial charge in [0.25, 0.3) is 0 Å². The Morgan fingerprint density at radius 3 is 1.54 bits per heavy atom. The fraction of sp³-hybridized carbons (Fsp3) is 0.0833. The molecule has 0 aromatic heterocycles. The second kappa shape index (κ2) is 7.92. The average Bonchev–Trinajstić information content (AvgIpc) is 2.73. The standard InChI is InChI=1S/C24H22N2O2/c25-19-5-13-23(14-6-19)27-21-9-1-17(2-10-21)18-3-11-22(12-4-18)28-24-15-7-20(26)8-16-24/h1-7,9-15H,8,16,25-26H2. The van der Waals surface area contributed by atoms with Crippen LogP contribution in [0.25, 0.3) is 11.1 Å². The zero-order valence-electron chi connectivity index (χ0n) is 15.5. The molecule has 0 radical (unpaired) electrons. The third kappa shape index (κ3) is 4.35. The first-order valence-corrected chi connectivity index (χ1v) is 9.23. The van der Waals surface area contributed by atoms with Gasteiger partial charge in [-0.2, -0.15) is 0 Å². The Kier molecular flexibility index (Phi) is 5.02.